The fraction of sp³-hybridized carbons (Fsp3) is 0.429. The number of carbonyl (C=O) groups excluding carboxylic acids is 1. The summed E-state index contributed by atoms with van der Waals surface area (Å²) >= 11 is 3.34. The van der Waals surface area contributed by atoms with Crippen LogP contribution in [0.5, 0.6) is 0 Å². The van der Waals surface area contributed by atoms with E-state index in [1.54, 1.807) is 18.2 Å². The number of amidine groups is 1. The van der Waals surface area contributed by atoms with Gasteiger partial charge in [-0.05, 0) is 37.5 Å². The highest BCUT2D eigenvalue weighted by Gasteiger charge is 2.19. The Balaban J connectivity index is 2.07. The topological polar surface area (TPSA) is 96.9 Å². The van der Waals surface area contributed by atoms with Crippen LogP contribution in [0, 0.1) is 0 Å². The Kier molecular flexibility index (Phi) is 5.58. The molecule has 0 aromatic heterocycles. The Bertz CT molecular complexity index is 542. The summed E-state index contributed by atoms with van der Waals surface area (Å²) in [6.45, 7) is 0.713. The van der Waals surface area contributed by atoms with Crippen molar-refractivity contribution in [2.75, 3.05) is 11.9 Å². The fourth-order valence-electron chi connectivity index (χ4n) is 2.27. The van der Waals surface area contributed by atoms with Gasteiger partial charge < -0.3 is 21.0 Å². The average molecular weight is 356 g/mol. The van der Waals surface area contributed by atoms with Crippen LogP contribution in [-0.4, -0.2) is 29.7 Å². The second-order valence-electron chi connectivity index (χ2n) is 4.92. The van der Waals surface area contributed by atoms with Gasteiger partial charge in [0.25, 0.3) is 0 Å². The van der Waals surface area contributed by atoms with Gasteiger partial charge in [0.05, 0.1) is 18.2 Å². The van der Waals surface area contributed by atoms with E-state index in [0.29, 0.717) is 24.3 Å². The van der Waals surface area contributed by atoms with E-state index in [1.807, 2.05) is 0 Å². The van der Waals surface area contributed by atoms with Gasteiger partial charge in [0.2, 0.25) is 5.91 Å². The van der Waals surface area contributed by atoms with Gasteiger partial charge in [0, 0.05) is 16.6 Å². The third-order valence-electron chi connectivity index (χ3n) is 3.33. The molecule has 2 rings (SSSR count). The number of ether oxygens (including phenoxy) is 1. The van der Waals surface area contributed by atoms with Crippen LogP contribution in [0.4, 0.5) is 5.69 Å². The predicted octanol–water partition coefficient (Wildman–Crippen LogP) is 2.44. The molecule has 0 saturated carbocycles. The number of amides is 1. The third kappa shape index (κ3) is 4.44. The normalized spacial score (nSPS) is 19.3. The standard InChI is InChI=1S/C14H18BrN3O3/c15-9-4-5-11(14(16)18-20)12(7-9)17-13(19)8-10-3-1-2-6-21-10/h4-5,7,10,20H,1-3,6,8H2,(H2,16,18)(H,17,19). The van der Waals surface area contributed by atoms with Crippen LogP contribution in [-0.2, 0) is 9.53 Å². The van der Waals surface area contributed by atoms with Crippen LogP contribution >= 0.6 is 15.9 Å². The number of nitrogens with zero attached hydrogens (tertiary/aromatic N) is 1. The molecule has 1 aromatic carbocycles. The molecular weight excluding hydrogens is 338 g/mol. The molecule has 1 atom stereocenters. The molecular formula is C14H18BrN3O3. The zero-order chi connectivity index (χ0) is 15.2. The van der Waals surface area contributed by atoms with Crippen molar-refractivity contribution in [3.05, 3.63) is 28.2 Å². The van der Waals surface area contributed by atoms with Crippen LogP contribution in [0.3, 0.4) is 0 Å². The third-order valence-corrected chi connectivity index (χ3v) is 3.82. The number of rotatable bonds is 4. The van der Waals surface area contributed by atoms with Gasteiger partial charge in [-0.25, -0.2) is 0 Å². The van der Waals surface area contributed by atoms with Gasteiger partial charge >= 0.3 is 0 Å². The zero-order valence-electron chi connectivity index (χ0n) is 11.5. The molecule has 1 amide bonds. The second kappa shape index (κ2) is 7.42. The number of benzene rings is 1. The number of hydrogen-bond donors (Lipinski definition) is 3. The lowest BCUT2D eigenvalue weighted by Crippen LogP contribution is -2.26. The second-order valence-corrected chi connectivity index (χ2v) is 5.83. The van der Waals surface area contributed by atoms with Gasteiger partial charge in [0.15, 0.2) is 5.84 Å². The summed E-state index contributed by atoms with van der Waals surface area (Å²) in [5.41, 5.74) is 6.59. The van der Waals surface area contributed by atoms with Crippen molar-refractivity contribution in [1.82, 2.24) is 0 Å². The molecule has 1 fully saturated rings. The molecule has 1 heterocycles. The van der Waals surface area contributed by atoms with Crippen molar-refractivity contribution in [3.63, 3.8) is 0 Å². The van der Waals surface area contributed by atoms with Crippen LogP contribution in [0.15, 0.2) is 27.8 Å². The monoisotopic (exact) mass is 355 g/mol. The molecule has 1 aliphatic rings. The van der Waals surface area contributed by atoms with E-state index in [4.69, 9.17) is 15.7 Å². The van der Waals surface area contributed by atoms with Crippen molar-refractivity contribution in [1.29, 1.82) is 0 Å². The highest BCUT2D eigenvalue weighted by atomic mass is 79.9. The lowest BCUT2D eigenvalue weighted by Gasteiger charge is -2.22. The van der Waals surface area contributed by atoms with E-state index < -0.39 is 0 Å². The Labute approximate surface area is 131 Å². The van der Waals surface area contributed by atoms with Crippen LogP contribution < -0.4 is 11.1 Å². The number of nitrogens with two attached hydrogens (primary N) is 1. The maximum Gasteiger partial charge on any atom is 0.227 e. The van der Waals surface area contributed by atoms with Crippen molar-refractivity contribution in [3.8, 4) is 0 Å². The van der Waals surface area contributed by atoms with Crippen molar-refractivity contribution < 1.29 is 14.7 Å². The number of hydrogen-bond acceptors (Lipinski definition) is 4. The van der Waals surface area contributed by atoms with Crippen LogP contribution in [0.1, 0.15) is 31.2 Å². The summed E-state index contributed by atoms with van der Waals surface area (Å²) in [5.74, 6) is -0.196. The molecule has 1 unspecified atom stereocenters. The van der Waals surface area contributed by atoms with E-state index in [-0.39, 0.29) is 17.8 Å². The molecule has 0 spiro atoms. The minimum absolute atomic E-state index is 0.0294. The lowest BCUT2D eigenvalue weighted by molar-refractivity contribution is -0.119. The van der Waals surface area contributed by atoms with Crippen molar-refractivity contribution >= 4 is 33.4 Å². The van der Waals surface area contributed by atoms with Crippen molar-refractivity contribution in [2.45, 2.75) is 31.8 Å². The fourth-order valence-corrected chi connectivity index (χ4v) is 2.63. The summed E-state index contributed by atoms with van der Waals surface area (Å²) < 4.78 is 6.34. The predicted molar refractivity (Wildman–Crippen MR) is 83.5 cm³/mol. The number of carbonyl (C=O) groups is 1. The molecule has 1 aliphatic heterocycles. The molecule has 0 aliphatic carbocycles. The first-order valence-corrected chi connectivity index (χ1v) is 7.58. The maximum atomic E-state index is 12.1. The Morgan fingerprint density at radius 1 is 1.52 bits per heavy atom. The van der Waals surface area contributed by atoms with Gasteiger partial charge in [-0.15, -0.1) is 0 Å². The summed E-state index contributed by atoms with van der Waals surface area (Å²) in [6, 6.07) is 5.14. The molecule has 7 heteroatoms. The summed E-state index contributed by atoms with van der Waals surface area (Å²) in [5, 5.41) is 14.6. The quantitative estimate of drug-likeness (QED) is 0.334. The first-order chi connectivity index (χ1) is 10.1. The van der Waals surface area contributed by atoms with E-state index in [9.17, 15) is 4.79 Å². The Morgan fingerprint density at radius 3 is 3.00 bits per heavy atom. The smallest absolute Gasteiger partial charge is 0.227 e. The number of anilines is 1. The average Bonchev–Trinajstić information content (AvgIpc) is 2.47. The highest BCUT2D eigenvalue weighted by Crippen LogP contribution is 2.22. The number of nitrogens with one attached hydrogen (secondary N) is 1. The molecule has 1 saturated heterocycles. The molecule has 21 heavy (non-hydrogen) atoms. The first-order valence-electron chi connectivity index (χ1n) is 6.79. The van der Waals surface area contributed by atoms with Gasteiger partial charge in [-0.1, -0.05) is 21.1 Å². The SMILES string of the molecule is N/C(=N/O)c1ccc(Br)cc1NC(=O)CC1CCCCO1. The number of halogens is 1. The zero-order valence-corrected chi connectivity index (χ0v) is 13.1. The molecule has 114 valence electrons. The highest BCUT2D eigenvalue weighted by molar-refractivity contribution is 9.10. The summed E-state index contributed by atoms with van der Waals surface area (Å²) in [7, 11) is 0. The summed E-state index contributed by atoms with van der Waals surface area (Å²) in [4.78, 5) is 12.1. The largest absolute Gasteiger partial charge is 0.409 e. The first kappa shape index (κ1) is 15.8. The van der Waals surface area contributed by atoms with E-state index in [2.05, 4.69) is 26.4 Å². The molecule has 0 radical (unpaired) electrons. The van der Waals surface area contributed by atoms with Crippen molar-refractivity contribution in [2.24, 2.45) is 10.9 Å². The van der Waals surface area contributed by atoms with Gasteiger partial charge in [-0.2, -0.15) is 0 Å². The van der Waals surface area contributed by atoms with Gasteiger partial charge in [-0.3, -0.25) is 4.79 Å². The van der Waals surface area contributed by atoms with Gasteiger partial charge in [0.1, 0.15) is 0 Å². The minimum Gasteiger partial charge on any atom is -0.409 e. The van der Waals surface area contributed by atoms with E-state index in [0.717, 1.165) is 23.7 Å². The van der Waals surface area contributed by atoms with Crippen LogP contribution in [0.25, 0.3) is 0 Å². The molecule has 6 nitrogen and oxygen atoms in total. The van der Waals surface area contributed by atoms with E-state index in [1.165, 1.54) is 0 Å². The molecule has 4 N–H and O–H groups in total. The van der Waals surface area contributed by atoms with E-state index >= 15 is 0 Å². The molecule has 1 aromatic rings. The Morgan fingerprint density at radius 2 is 2.33 bits per heavy atom. The summed E-state index contributed by atoms with van der Waals surface area (Å²) in [6.07, 6.45) is 3.32. The molecule has 0 bridgehead atoms. The van der Waals surface area contributed by atoms with Crippen LogP contribution in [0.2, 0.25) is 0 Å². The maximum absolute atomic E-state index is 12.1. The Hall–Kier alpha value is -1.60. The lowest BCUT2D eigenvalue weighted by atomic mass is 10.1. The number of oxime groups is 1. The minimum atomic E-state index is -0.146.